The van der Waals surface area contributed by atoms with Crippen LogP contribution < -0.4 is 15.5 Å². The van der Waals surface area contributed by atoms with Gasteiger partial charge in [-0.05, 0) is 13.0 Å². The molecule has 1 N–H and O–H groups in total. The molecule has 0 amide bonds. The van der Waals surface area contributed by atoms with Crippen LogP contribution in [0.15, 0.2) is 12.7 Å². The van der Waals surface area contributed by atoms with Crippen molar-refractivity contribution in [1.82, 2.24) is 10.2 Å². The minimum Gasteiger partial charge on any atom is -0.469 e. The summed E-state index contributed by atoms with van der Waals surface area (Å²) in [6.45, 7) is 7.49. The van der Waals surface area contributed by atoms with Gasteiger partial charge in [-0.1, -0.05) is 18.7 Å². The SMILES string of the molecule is C=C/C=c1/c(N2CCOCC2CC(=O)OC)n[nH]/c1=C/C. The Morgan fingerprint density at radius 2 is 2.48 bits per heavy atom. The Labute approximate surface area is 123 Å². The summed E-state index contributed by atoms with van der Waals surface area (Å²) < 4.78 is 10.2. The first-order chi connectivity index (χ1) is 10.2. The quantitative estimate of drug-likeness (QED) is 0.788. The Morgan fingerprint density at radius 3 is 3.14 bits per heavy atom. The number of aromatic nitrogens is 2. The van der Waals surface area contributed by atoms with Crippen molar-refractivity contribution in [1.29, 1.82) is 0 Å². The Balaban J connectivity index is 2.38. The first-order valence-corrected chi connectivity index (χ1v) is 6.96. The Bertz CT molecular complexity index is 621. The van der Waals surface area contributed by atoms with Crippen molar-refractivity contribution in [3.8, 4) is 0 Å². The number of ether oxygens (including phenoxy) is 2. The van der Waals surface area contributed by atoms with Gasteiger partial charge in [-0.2, -0.15) is 5.10 Å². The molecule has 0 spiro atoms. The van der Waals surface area contributed by atoms with Gasteiger partial charge in [0.05, 0.1) is 38.1 Å². The van der Waals surface area contributed by atoms with Gasteiger partial charge in [-0.15, -0.1) is 0 Å². The number of aromatic amines is 1. The monoisotopic (exact) mass is 291 g/mol. The van der Waals surface area contributed by atoms with Crippen LogP contribution in [-0.4, -0.2) is 49.1 Å². The van der Waals surface area contributed by atoms with Gasteiger partial charge in [-0.3, -0.25) is 9.89 Å². The van der Waals surface area contributed by atoms with Gasteiger partial charge < -0.3 is 14.4 Å². The van der Waals surface area contributed by atoms with Crippen LogP contribution in [0.3, 0.4) is 0 Å². The highest BCUT2D eigenvalue weighted by Crippen LogP contribution is 2.15. The van der Waals surface area contributed by atoms with E-state index in [-0.39, 0.29) is 18.4 Å². The molecule has 1 unspecified atom stereocenters. The lowest BCUT2D eigenvalue weighted by Gasteiger charge is -2.35. The van der Waals surface area contributed by atoms with Crippen LogP contribution in [-0.2, 0) is 14.3 Å². The molecule has 1 fully saturated rings. The summed E-state index contributed by atoms with van der Waals surface area (Å²) in [5.74, 6) is 0.572. The molecule has 0 aliphatic carbocycles. The molecule has 1 aromatic rings. The molecule has 2 rings (SSSR count). The smallest absolute Gasteiger partial charge is 0.307 e. The molecule has 2 heterocycles. The highest BCUT2D eigenvalue weighted by atomic mass is 16.5. The van der Waals surface area contributed by atoms with Crippen molar-refractivity contribution in [3.05, 3.63) is 23.2 Å². The second-order valence-electron chi connectivity index (χ2n) is 4.77. The molecule has 0 bridgehead atoms. The fourth-order valence-electron chi connectivity index (χ4n) is 2.45. The zero-order chi connectivity index (χ0) is 15.2. The Kier molecular flexibility index (Phi) is 5.16. The molecule has 1 aliphatic heterocycles. The van der Waals surface area contributed by atoms with E-state index in [1.165, 1.54) is 7.11 Å². The van der Waals surface area contributed by atoms with Gasteiger partial charge in [0.15, 0.2) is 5.82 Å². The minimum atomic E-state index is -0.248. The summed E-state index contributed by atoms with van der Waals surface area (Å²) in [5.41, 5.74) is 0. The summed E-state index contributed by atoms with van der Waals surface area (Å²) in [5, 5.41) is 9.32. The summed E-state index contributed by atoms with van der Waals surface area (Å²) in [6.07, 6.45) is 5.89. The van der Waals surface area contributed by atoms with Gasteiger partial charge in [0.2, 0.25) is 0 Å². The minimum absolute atomic E-state index is 0.0730. The largest absolute Gasteiger partial charge is 0.469 e. The lowest BCUT2D eigenvalue weighted by atomic mass is 10.1. The highest BCUT2D eigenvalue weighted by molar-refractivity contribution is 5.71. The molecular formula is C15H21N3O3. The maximum atomic E-state index is 11.6. The fraction of sp³-hybridized carbons (Fsp3) is 0.467. The van der Waals surface area contributed by atoms with Gasteiger partial charge in [-0.25, -0.2) is 0 Å². The van der Waals surface area contributed by atoms with E-state index in [2.05, 4.69) is 21.7 Å². The van der Waals surface area contributed by atoms with Crippen LogP contribution in [0, 0.1) is 0 Å². The summed E-state index contributed by atoms with van der Waals surface area (Å²) >= 11 is 0. The van der Waals surface area contributed by atoms with E-state index < -0.39 is 0 Å². The first-order valence-electron chi connectivity index (χ1n) is 6.96. The van der Waals surface area contributed by atoms with Gasteiger partial charge >= 0.3 is 5.97 Å². The number of methoxy groups -OCH3 is 1. The summed E-state index contributed by atoms with van der Waals surface area (Å²) in [6, 6.07) is -0.0730. The molecule has 21 heavy (non-hydrogen) atoms. The second-order valence-corrected chi connectivity index (χ2v) is 4.77. The summed E-state index contributed by atoms with van der Waals surface area (Å²) in [7, 11) is 1.39. The third kappa shape index (κ3) is 3.33. The highest BCUT2D eigenvalue weighted by Gasteiger charge is 2.28. The Morgan fingerprint density at radius 1 is 1.67 bits per heavy atom. The number of hydrogen-bond acceptors (Lipinski definition) is 5. The van der Waals surface area contributed by atoms with Crippen molar-refractivity contribution in [3.63, 3.8) is 0 Å². The molecule has 0 radical (unpaired) electrons. The van der Waals surface area contributed by atoms with Crippen molar-refractivity contribution in [2.24, 2.45) is 0 Å². The molecule has 1 saturated heterocycles. The third-order valence-corrected chi connectivity index (χ3v) is 3.52. The van der Waals surface area contributed by atoms with Crippen LogP contribution >= 0.6 is 0 Å². The third-order valence-electron chi connectivity index (χ3n) is 3.52. The standard InChI is InChI=1S/C15H21N3O3/c1-4-6-12-13(5-2)16-17-15(12)18-7-8-21-10-11(18)9-14(19)20-3/h4-6,11,16H,1,7-10H2,2-3H3/b12-6+,13-5+. The van der Waals surface area contributed by atoms with E-state index in [0.717, 1.165) is 16.4 Å². The van der Waals surface area contributed by atoms with Crippen LogP contribution in [0.4, 0.5) is 5.82 Å². The lowest BCUT2D eigenvalue weighted by molar-refractivity contribution is -0.141. The van der Waals surface area contributed by atoms with E-state index in [0.29, 0.717) is 19.8 Å². The van der Waals surface area contributed by atoms with E-state index in [9.17, 15) is 4.79 Å². The number of carbonyl (C=O) groups is 1. The average molecular weight is 291 g/mol. The number of rotatable bonds is 4. The normalized spacial score (nSPS) is 20.7. The molecule has 0 saturated carbocycles. The van der Waals surface area contributed by atoms with E-state index in [4.69, 9.17) is 9.47 Å². The second kappa shape index (κ2) is 7.08. The van der Waals surface area contributed by atoms with Crippen LogP contribution in [0.5, 0.6) is 0 Å². The Hall–Kier alpha value is -2.08. The molecule has 1 aromatic heterocycles. The number of hydrogen-bond donors (Lipinski definition) is 1. The number of esters is 1. The van der Waals surface area contributed by atoms with Gasteiger partial charge in [0.1, 0.15) is 0 Å². The molecule has 6 nitrogen and oxygen atoms in total. The van der Waals surface area contributed by atoms with E-state index >= 15 is 0 Å². The number of allylic oxidation sites excluding steroid dienone is 1. The average Bonchev–Trinajstić information content (AvgIpc) is 2.91. The molecule has 114 valence electrons. The first kappa shape index (κ1) is 15.3. The fourth-order valence-corrected chi connectivity index (χ4v) is 2.45. The number of morpholine rings is 1. The molecule has 1 atom stereocenters. The van der Waals surface area contributed by atoms with Gasteiger partial charge in [0, 0.05) is 11.8 Å². The van der Waals surface area contributed by atoms with Gasteiger partial charge in [0.25, 0.3) is 0 Å². The molecule has 1 aliphatic rings. The van der Waals surface area contributed by atoms with Crippen molar-refractivity contribution in [2.45, 2.75) is 19.4 Å². The molecular weight excluding hydrogens is 270 g/mol. The van der Waals surface area contributed by atoms with Crippen LogP contribution in [0.1, 0.15) is 13.3 Å². The number of H-pyrrole nitrogens is 1. The number of nitrogens with one attached hydrogen (secondary N) is 1. The molecule has 0 aromatic carbocycles. The van der Waals surface area contributed by atoms with Crippen LogP contribution in [0.25, 0.3) is 12.2 Å². The zero-order valence-electron chi connectivity index (χ0n) is 12.5. The van der Waals surface area contributed by atoms with Crippen LogP contribution in [0.2, 0.25) is 0 Å². The van der Waals surface area contributed by atoms with E-state index in [1.807, 2.05) is 19.1 Å². The zero-order valence-corrected chi connectivity index (χ0v) is 12.5. The number of carbonyl (C=O) groups excluding carboxylic acids is 1. The van der Waals surface area contributed by atoms with Crippen molar-refractivity contribution < 1.29 is 14.3 Å². The van der Waals surface area contributed by atoms with Crippen molar-refractivity contribution >= 4 is 23.9 Å². The topological polar surface area (TPSA) is 67.4 Å². The van der Waals surface area contributed by atoms with E-state index in [1.54, 1.807) is 6.08 Å². The lowest BCUT2D eigenvalue weighted by Crippen LogP contribution is -2.49. The maximum Gasteiger partial charge on any atom is 0.307 e. The predicted molar refractivity (Wildman–Crippen MR) is 81.2 cm³/mol. The predicted octanol–water partition coefficient (Wildman–Crippen LogP) is -0.0551. The van der Waals surface area contributed by atoms with Crippen molar-refractivity contribution in [2.75, 3.05) is 31.8 Å². The maximum absolute atomic E-state index is 11.6. The number of nitrogens with zero attached hydrogens (tertiary/aromatic N) is 2. The number of anilines is 1. The summed E-state index contributed by atoms with van der Waals surface area (Å²) in [4.78, 5) is 13.7. The molecule has 6 heteroatoms.